The van der Waals surface area contributed by atoms with Gasteiger partial charge in [0.25, 0.3) is 0 Å². The molecule has 1 atom stereocenters. The van der Waals surface area contributed by atoms with Crippen LogP contribution in [0.25, 0.3) is 5.69 Å². The zero-order valence-electron chi connectivity index (χ0n) is 20.3. The Morgan fingerprint density at radius 2 is 1.85 bits per heavy atom. The lowest BCUT2D eigenvalue weighted by atomic mass is 10.2. The number of thioether (sulfide) groups is 1. The smallest absolute Gasteiger partial charge is 0.232 e. The second-order valence-corrected chi connectivity index (χ2v) is 10.3. The predicted octanol–water partition coefficient (Wildman–Crippen LogP) is 4.75. The van der Waals surface area contributed by atoms with Gasteiger partial charge in [-0.2, -0.15) is 0 Å². The Bertz CT molecular complexity index is 1150. The standard InChI is InChI=1S/C26H33N5O2S/c1-18-8-10-21(11-9-18)31-25(29-12-4-5-13-29)27-28-26(31)34-17-24(32)23-15-19(2)30(20(23)3)16-22-7-6-14-33-22/h8-11,15,22H,4-7,12-14,16-17H2,1-3H3/t22-/m0/s1. The third-order valence-corrected chi connectivity index (χ3v) is 7.84. The third kappa shape index (κ3) is 4.66. The lowest BCUT2D eigenvalue weighted by Crippen LogP contribution is -2.22. The van der Waals surface area contributed by atoms with Gasteiger partial charge in [0.15, 0.2) is 10.9 Å². The Labute approximate surface area is 205 Å². The van der Waals surface area contributed by atoms with Crippen LogP contribution < -0.4 is 4.90 Å². The molecule has 2 fully saturated rings. The number of Topliss-reactive ketones (excluding diaryl/α,β-unsaturated/α-hetero) is 1. The van der Waals surface area contributed by atoms with E-state index in [0.717, 1.165) is 72.8 Å². The molecule has 2 aromatic heterocycles. The molecule has 4 heterocycles. The molecule has 0 N–H and O–H groups in total. The van der Waals surface area contributed by atoms with Gasteiger partial charge in [-0.1, -0.05) is 29.5 Å². The van der Waals surface area contributed by atoms with E-state index < -0.39 is 0 Å². The van der Waals surface area contributed by atoms with Crippen LogP contribution in [0.4, 0.5) is 5.95 Å². The van der Waals surface area contributed by atoms with E-state index in [9.17, 15) is 4.79 Å². The summed E-state index contributed by atoms with van der Waals surface area (Å²) in [5.41, 5.74) is 5.17. The first-order valence-electron chi connectivity index (χ1n) is 12.2. The average molecular weight is 480 g/mol. The van der Waals surface area contributed by atoms with E-state index in [1.165, 1.54) is 30.2 Å². The van der Waals surface area contributed by atoms with Gasteiger partial charge < -0.3 is 14.2 Å². The van der Waals surface area contributed by atoms with Crippen LogP contribution in [0.5, 0.6) is 0 Å². The minimum Gasteiger partial charge on any atom is -0.376 e. The number of ketones is 1. The Morgan fingerprint density at radius 3 is 2.56 bits per heavy atom. The topological polar surface area (TPSA) is 65.2 Å². The molecule has 180 valence electrons. The number of hydrogen-bond acceptors (Lipinski definition) is 6. The van der Waals surface area contributed by atoms with E-state index in [2.05, 4.69) is 62.3 Å². The van der Waals surface area contributed by atoms with Crippen LogP contribution >= 0.6 is 11.8 Å². The van der Waals surface area contributed by atoms with Gasteiger partial charge in [-0.3, -0.25) is 9.36 Å². The van der Waals surface area contributed by atoms with Crippen molar-refractivity contribution in [3.05, 3.63) is 52.8 Å². The summed E-state index contributed by atoms with van der Waals surface area (Å²) >= 11 is 1.46. The Kier molecular flexibility index (Phi) is 6.79. The van der Waals surface area contributed by atoms with E-state index in [1.807, 2.05) is 13.0 Å². The Hall–Kier alpha value is -2.58. The molecule has 0 saturated carbocycles. The first-order chi connectivity index (χ1) is 16.5. The molecule has 34 heavy (non-hydrogen) atoms. The molecule has 2 aliphatic heterocycles. The van der Waals surface area contributed by atoms with Gasteiger partial charge in [0.05, 0.1) is 17.5 Å². The number of rotatable bonds is 8. The van der Waals surface area contributed by atoms with E-state index in [4.69, 9.17) is 4.74 Å². The molecule has 0 radical (unpaired) electrons. The van der Waals surface area contributed by atoms with Gasteiger partial charge in [-0.15, -0.1) is 10.2 Å². The zero-order valence-corrected chi connectivity index (χ0v) is 21.1. The molecule has 0 bridgehead atoms. The van der Waals surface area contributed by atoms with Crippen molar-refractivity contribution >= 4 is 23.5 Å². The van der Waals surface area contributed by atoms with Gasteiger partial charge in [0.1, 0.15) is 0 Å². The van der Waals surface area contributed by atoms with Gasteiger partial charge in [-0.05, 0) is 64.7 Å². The van der Waals surface area contributed by atoms with Crippen molar-refractivity contribution in [3.63, 3.8) is 0 Å². The van der Waals surface area contributed by atoms with Crippen LogP contribution in [0, 0.1) is 20.8 Å². The maximum Gasteiger partial charge on any atom is 0.232 e. The molecular formula is C26H33N5O2S. The molecule has 2 aliphatic rings. The summed E-state index contributed by atoms with van der Waals surface area (Å²) in [7, 11) is 0. The number of nitrogens with zero attached hydrogens (tertiary/aromatic N) is 5. The molecule has 5 rings (SSSR count). The van der Waals surface area contributed by atoms with Crippen LogP contribution in [0.15, 0.2) is 35.5 Å². The van der Waals surface area contributed by atoms with Crippen LogP contribution in [-0.4, -0.2) is 56.7 Å². The number of carbonyl (C=O) groups is 1. The van der Waals surface area contributed by atoms with Gasteiger partial charge in [0, 0.05) is 43.2 Å². The Balaban J connectivity index is 1.36. The lowest BCUT2D eigenvalue weighted by Gasteiger charge is -2.18. The quantitative estimate of drug-likeness (QED) is 0.343. The van der Waals surface area contributed by atoms with E-state index >= 15 is 0 Å². The van der Waals surface area contributed by atoms with Crippen LogP contribution in [0.2, 0.25) is 0 Å². The summed E-state index contributed by atoms with van der Waals surface area (Å²) in [4.78, 5) is 15.6. The molecule has 3 aromatic rings. The van der Waals surface area contributed by atoms with Crippen molar-refractivity contribution in [3.8, 4) is 5.69 Å². The first-order valence-corrected chi connectivity index (χ1v) is 13.2. The fraction of sp³-hybridized carbons (Fsp3) is 0.500. The highest BCUT2D eigenvalue weighted by molar-refractivity contribution is 7.99. The summed E-state index contributed by atoms with van der Waals surface area (Å²) < 4.78 is 10.1. The molecule has 0 unspecified atom stereocenters. The monoisotopic (exact) mass is 479 g/mol. The molecule has 2 saturated heterocycles. The van der Waals surface area contributed by atoms with Crippen molar-refractivity contribution in [2.45, 2.75) is 64.3 Å². The van der Waals surface area contributed by atoms with Gasteiger partial charge in [0.2, 0.25) is 5.95 Å². The molecular weight excluding hydrogens is 446 g/mol. The minimum absolute atomic E-state index is 0.123. The van der Waals surface area contributed by atoms with Gasteiger partial charge >= 0.3 is 0 Å². The average Bonchev–Trinajstić information content (AvgIpc) is 3.63. The van der Waals surface area contributed by atoms with Crippen molar-refractivity contribution < 1.29 is 9.53 Å². The van der Waals surface area contributed by atoms with E-state index in [-0.39, 0.29) is 11.9 Å². The number of anilines is 1. The zero-order chi connectivity index (χ0) is 23.7. The molecule has 1 aromatic carbocycles. The highest BCUT2D eigenvalue weighted by Gasteiger charge is 2.25. The number of hydrogen-bond donors (Lipinski definition) is 0. The number of carbonyl (C=O) groups excluding carboxylic acids is 1. The second kappa shape index (κ2) is 9.96. The van der Waals surface area contributed by atoms with Gasteiger partial charge in [-0.25, -0.2) is 0 Å². The highest BCUT2D eigenvalue weighted by Crippen LogP contribution is 2.30. The SMILES string of the molecule is Cc1ccc(-n2c(SCC(=O)c3cc(C)n(C[C@@H]4CCCO4)c3C)nnc2N2CCCC2)cc1. The molecule has 8 heteroatoms. The second-order valence-electron chi connectivity index (χ2n) is 9.39. The third-order valence-electron chi connectivity index (χ3n) is 6.91. The summed E-state index contributed by atoms with van der Waals surface area (Å²) in [5.74, 6) is 1.32. The summed E-state index contributed by atoms with van der Waals surface area (Å²) in [5, 5.41) is 9.79. The van der Waals surface area contributed by atoms with E-state index in [0.29, 0.717) is 5.75 Å². The molecule has 7 nitrogen and oxygen atoms in total. The lowest BCUT2D eigenvalue weighted by molar-refractivity contribution is 0.0957. The van der Waals surface area contributed by atoms with E-state index in [1.54, 1.807) is 0 Å². The molecule has 0 aliphatic carbocycles. The highest BCUT2D eigenvalue weighted by atomic mass is 32.2. The van der Waals surface area contributed by atoms with Crippen LogP contribution in [0.3, 0.4) is 0 Å². The predicted molar refractivity (Wildman–Crippen MR) is 135 cm³/mol. The number of aromatic nitrogens is 4. The maximum absolute atomic E-state index is 13.3. The number of ether oxygens (including phenoxy) is 1. The minimum atomic E-state index is 0.123. The summed E-state index contributed by atoms with van der Waals surface area (Å²) in [6, 6.07) is 10.4. The fourth-order valence-electron chi connectivity index (χ4n) is 4.96. The van der Waals surface area contributed by atoms with Crippen LogP contribution in [0.1, 0.15) is 53.0 Å². The van der Waals surface area contributed by atoms with Crippen molar-refractivity contribution in [2.75, 3.05) is 30.3 Å². The number of benzene rings is 1. The molecule has 0 spiro atoms. The first kappa shape index (κ1) is 23.2. The molecule has 0 amide bonds. The maximum atomic E-state index is 13.3. The van der Waals surface area contributed by atoms with Crippen molar-refractivity contribution in [2.24, 2.45) is 0 Å². The number of aryl methyl sites for hydroxylation is 2. The Morgan fingerprint density at radius 1 is 1.09 bits per heavy atom. The van der Waals surface area contributed by atoms with Crippen molar-refractivity contribution in [1.82, 2.24) is 19.3 Å². The largest absolute Gasteiger partial charge is 0.376 e. The summed E-state index contributed by atoms with van der Waals surface area (Å²) in [6.07, 6.45) is 4.80. The van der Waals surface area contributed by atoms with Crippen molar-refractivity contribution in [1.29, 1.82) is 0 Å². The normalized spacial score (nSPS) is 18.2. The summed E-state index contributed by atoms with van der Waals surface area (Å²) in [6.45, 7) is 9.84. The fourth-order valence-corrected chi connectivity index (χ4v) is 5.79. The van der Waals surface area contributed by atoms with Crippen LogP contribution in [-0.2, 0) is 11.3 Å².